The number of benzene rings is 4. The lowest BCUT2D eigenvalue weighted by molar-refractivity contribution is -0.133. The Morgan fingerprint density at radius 3 is 1.97 bits per heavy atom. The van der Waals surface area contributed by atoms with E-state index < -0.39 is 26.9 Å². The zero-order valence-electron chi connectivity index (χ0n) is 21.8. The minimum atomic E-state index is -4.16. The van der Waals surface area contributed by atoms with Crippen molar-refractivity contribution in [2.75, 3.05) is 14.2 Å². The van der Waals surface area contributed by atoms with Crippen molar-refractivity contribution >= 4 is 15.7 Å². The minimum absolute atomic E-state index is 0.0206. The highest BCUT2D eigenvalue weighted by molar-refractivity contribution is 7.91. The van der Waals surface area contributed by atoms with Gasteiger partial charge >= 0.3 is 0 Å². The molecule has 0 heterocycles. The Morgan fingerprint density at radius 2 is 1.38 bits per heavy atom. The topological polar surface area (TPSA) is 102 Å². The SMILES string of the molecule is COc1ccc(S(=O)(=O)C(c2ccc(-c3ccccc3)cc2)C(CCc2ccccc2)C(=O)NO)cc1OC. The van der Waals surface area contributed by atoms with Crippen molar-refractivity contribution in [1.29, 1.82) is 0 Å². The second-order valence-corrected chi connectivity index (χ2v) is 11.1. The number of hydroxylamine groups is 1. The van der Waals surface area contributed by atoms with Gasteiger partial charge in [-0.1, -0.05) is 84.9 Å². The number of nitrogens with one attached hydrogen (secondary N) is 1. The van der Waals surface area contributed by atoms with Crippen molar-refractivity contribution in [1.82, 2.24) is 5.48 Å². The van der Waals surface area contributed by atoms with Crippen molar-refractivity contribution in [3.63, 3.8) is 0 Å². The zero-order valence-corrected chi connectivity index (χ0v) is 22.6. The van der Waals surface area contributed by atoms with Gasteiger partial charge in [0, 0.05) is 6.07 Å². The van der Waals surface area contributed by atoms with Crippen LogP contribution in [0.3, 0.4) is 0 Å². The fourth-order valence-corrected chi connectivity index (χ4v) is 6.76. The van der Waals surface area contributed by atoms with Crippen LogP contribution in [0.4, 0.5) is 0 Å². The Labute approximate surface area is 228 Å². The molecule has 4 rings (SSSR count). The molecule has 0 spiro atoms. The molecule has 0 aromatic heterocycles. The van der Waals surface area contributed by atoms with Gasteiger partial charge in [0.05, 0.1) is 25.0 Å². The molecule has 0 saturated carbocycles. The second kappa shape index (κ2) is 12.6. The van der Waals surface area contributed by atoms with Crippen LogP contribution in [-0.2, 0) is 21.1 Å². The first-order chi connectivity index (χ1) is 18.9. The summed E-state index contributed by atoms with van der Waals surface area (Å²) in [4.78, 5) is 13.0. The van der Waals surface area contributed by atoms with E-state index in [1.807, 2.05) is 72.8 Å². The number of hydrogen-bond donors (Lipinski definition) is 2. The molecular formula is C31H31NO6S. The molecule has 4 aromatic carbocycles. The van der Waals surface area contributed by atoms with Crippen LogP contribution in [0, 0.1) is 5.92 Å². The molecule has 7 nitrogen and oxygen atoms in total. The van der Waals surface area contributed by atoms with Gasteiger partial charge in [0.25, 0.3) is 0 Å². The van der Waals surface area contributed by atoms with Crippen LogP contribution >= 0.6 is 0 Å². The Hall–Kier alpha value is -4.14. The smallest absolute Gasteiger partial charge is 0.248 e. The Kier molecular flexibility index (Phi) is 9.01. The number of amides is 1. The normalized spacial score (nSPS) is 12.8. The Balaban J connectivity index is 1.82. The van der Waals surface area contributed by atoms with Crippen LogP contribution in [0.1, 0.15) is 22.8 Å². The number of ether oxygens (including phenoxy) is 2. The number of rotatable bonds is 11. The molecule has 8 heteroatoms. The molecule has 39 heavy (non-hydrogen) atoms. The van der Waals surface area contributed by atoms with E-state index in [1.54, 1.807) is 17.6 Å². The summed E-state index contributed by atoms with van der Waals surface area (Å²) in [6, 6.07) is 30.7. The summed E-state index contributed by atoms with van der Waals surface area (Å²) in [5, 5.41) is 8.37. The third kappa shape index (κ3) is 6.30. The summed E-state index contributed by atoms with van der Waals surface area (Å²) in [6.45, 7) is 0. The van der Waals surface area contributed by atoms with Crippen LogP contribution in [-0.4, -0.2) is 33.8 Å². The lowest BCUT2D eigenvalue weighted by atomic mass is 9.91. The number of carbonyl (C=O) groups is 1. The maximum atomic E-state index is 14.3. The summed E-state index contributed by atoms with van der Waals surface area (Å²) < 4.78 is 39.2. The molecule has 0 aliphatic carbocycles. The van der Waals surface area contributed by atoms with Crippen molar-refractivity contribution in [3.05, 3.63) is 114 Å². The summed E-state index contributed by atoms with van der Waals surface area (Å²) in [5.74, 6) is -1.22. The monoisotopic (exact) mass is 545 g/mol. The average Bonchev–Trinajstić information content (AvgIpc) is 2.99. The summed E-state index contributed by atoms with van der Waals surface area (Å²) in [5.41, 5.74) is 4.99. The number of hydrogen-bond acceptors (Lipinski definition) is 6. The molecule has 0 fully saturated rings. The fourth-order valence-electron chi connectivity index (χ4n) is 4.73. The predicted molar refractivity (Wildman–Crippen MR) is 150 cm³/mol. The van der Waals surface area contributed by atoms with Crippen molar-refractivity contribution in [2.24, 2.45) is 5.92 Å². The van der Waals surface area contributed by atoms with E-state index in [4.69, 9.17) is 9.47 Å². The first-order valence-corrected chi connectivity index (χ1v) is 14.0. The Bertz CT molecular complexity index is 1490. The first kappa shape index (κ1) is 27.9. The van der Waals surface area contributed by atoms with Gasteiger partial charge in [-0.2, -0.15) is 0 Å². The van der Waals surface area contributed by atoms with E-state index >= 15 is 0 Å². The highest BCUT2D eigenvalue weighted by atomic mass is 32.2. The predicted octanol–water partition coefficient (Wildman–Crippen LogP) is 5.64. The zero-order chi connectivity index (χ0) is 27.8. The molecule has 0 aliphatic rings. The van der Waals surface area contributed by atoms with Crippen LogP contribution in [0.15, 0.2) is 108 Å². The van der Waals surface area contributed by atoms with E-state index in [9.17, 15) is 18.4 Å². The van der Waals surface area contributed by atoms with Crippen molar-refractivity contribution < 1.29 is 27.9 Å². The summed E-state index contributed by atoms with van der Waals surface area (Å²) in [7, 11) is -1.26. The number of sulfone groups is 1. The quantitative estimate of drug-likeness (QED) is 0.187. The molecule has 0 saturated heterocycles. The van der Waals surface area contributed by atoms with E-state index in [-0.39, 0.29) is 17.1 Å². The van der Waals surface area contributed by atoms with Gasteiger partial charge < -0.3 is 9.47 Å². The average molecular weight is 546 g/mol. The molecule has 2 N–H and O–H groups in total. The molecule has 4 aromatic rings. The molecule has 202 valence electrons. The first-order valence-electron chi connectivity index (χ1n) is 12.5. The lowest BCUT2D eigenvalue weighted by Gasteiger charge is -2.27. The molecular weight excluding hydrogens is 514 g/mol. The summed E-state index contributed by atoms with van der Waals surface area (Å²) >= 11 is 0. The highest BCUT2D eigenvalue weighted by Gasteiger charge is 2.40. The van der Waals surface area contributed by atoms with Gasteiger partial charge in [-0.05, 0) is 47.2 Å². The minimum Gasteiger partial charge on any atom is -0.493 e. The van der Waals surface area contributed by atoms with Gasteiger partial charge in [0.2, 0.25) is 5.91 Å². The van der Waals surface area contributed by atoms with Crippen molar-refractivity contribution in [2.45, 2.75) is 23.0 Å². The second-order valence-electron chi connectivity index (χ2n) is 9.08. The van der Waals surface area contributed by atoms with Crippen LogP contribution in [0.25, 0.3) is 11.1 Å². The Morgan fingerprint density at radius 1 is 0.795 bits per heavy atom. The van der Waals surface area contributed by atoms with Gasteiger partial charge in [-0.3, -0.25) is 10.0 Å². The fraction of sp³-hybridized carbons (Fsp3) is 0.194. The third-order valence-electron chi connectivity index (χ3n) is 6.76. The lowest BCUT2D eigenvalue weighted by Crippen LogP contribution is -2.36. The van der Waals surface area contributed by atoms with Gasteiger partial charge in [0.15, 0.2) is 21.3 Å². The molecule has 2 unspecified atom stereocenters. The van der Waals surface area contributed by atoms with Gasteiger partial charge in [-0.25, -0.2) is 13.9 Å². The third-order valence-corrected chi connectivity index (χ3v) is 8.94. The molecule has 0 aliphatic heterocycles. The van der Waals surface area contributed by atoms with Crippen LogP contribution in [0.5, 0.6) is 11.5 Å². The largest absolute Gasteiger partial charge is 0.493 e. The van der Waals surface area contributed by atoms with Crippen molar-refractivity contribution in [3.8, 4) is 22.6 Å². The maximum absolute atomic E-state index is 14.3. The molecule has 1 amide bonds. The standard InChI is InChI=1S/C31H31NO6S/c1-37-28-20-18-26(21-29(28)38-2)39(35,36)30(25-16-14-24(15-17-25)23-11-7-4-8-12-23)27(31(33)32-34)19-13-22-9-5-3-6-10-22/h3-12,14-18,20-21,27,30,34H,13,19H2,1-2H3,(H,32,33). The van der Waals surface area contributed by atoms with Gasteiger partial charge in [-0.15, -0.1) is 0 Å². The highest BCUT2D eigenvalue weighted by Crippen LogP contribution is 2.41. The van der Waals surface area contributed by atoms with Crippen LogP contribution in [0.2, 0.25) is 0 Å². The summed E-state index contributed by atoms with van der Waals surface area (Å²) in [6.07, 6.45) is 0.632. The molecule has 2 atom stereocenters. The van der Waals surface area contributed by atoms with E-state index in [0.717, 1.165) is 16.7 Å². The molecule has 0 bridgehead atoms. The van der Waals surface area contributed by atoms with E-state index in [2.05, 4.69) is 0 Å². The van der Waals surface area contributed by atoms with E-state index in [1.165, 1.54) is 32.4 Å². The number of aryl methyl sites for hydroxylation is 1. The van der Waals surface area contributed by atoms with Crippen LogP contribution < -0.4 is 15.0 Å². The number of carbonyl (C=O) groups excluding carboxylic acids is 1. The van der Waals surface area contributed by atoms with Gasteiger partial charge in [0.1, 0.15) is 5.25 Å². The van der Waals surface area contributed by atoms with E-state index in [0.29, 0.717) is 17.7 Å². The molecule has 0 radical (unpaired) electrons. The number of methoxy groups -OCH3 is 2. The maximum Gasteiger partial charge on any atom is 0.248 e.